The molecular formula is C9H18N2O4. The number of likely N-dealkylation sites (N-methyl/N-ethyl adjacent to an activating group) is 1. The van der Waals surface area contributed by atoms with Crippen LogP contribution in [-0.4, -0.2) is 37.3 Å². The Morgan fingerprint density at radius 2 is 1.93 bits per heavy atom. The number of primary amides is 1. The van der Waals surface area contributed by atoms with Crippen molar-refractivity contribution in [1.29, 1.82) is 0 Å². The van der Waals surface area contributed by atoms with Crippen molar-refractivity contribution < 1.29 is 19.2 Å². The highest BCUT2D eigenvalue weighted by Crippen LogP contribution is 2.10. The van der Waals surface area contributed by atoms with E-state index in [4.69, 9.17) is 15.3 Å². The van der Waals surface area contributed by atoms with Crippen LogP contribution in [0.3, 0.4) is 0 Å². The van der Waals surface area contributed by atoms with Crippen LogP contribution in [0.5, 0.6) is 0 Å². The molecule has 0 rings (SSSR count). The predicted molar refractivity (Wildman–Crippen MR) is 53.7 cm³/mol. The first kappa shape index (κ1) is 13.7. The van der Waals surface area contributed by atoms with Gasteiger partial charge >= 0.3 is 6.09 Å². The van der Waals surface area contributed by atoms with Crippen molar-refractivity contribution in [2.45, 2.75) is 26.4 Å². The first-order valence-electron chi connectivity index (χ1n) is 4.66. The molecule has 0 aromatic heterocycles. The van der Waals surface area contributed by atoms with Crippen molar-refractivity contribution in [2.75, 3.05) is 14.2 Å². The summed E-state index contributed by atoms with van der Waals surface area (Å²) in [6.07, 6.45) is -1.43. The zero-order valence-electron chi connectivity index (χ0n) is 9.52. The van der Waals surface area contributed by atoms with E-state index in [0.29, 0.717) is 6.42 Å². The second-order valence-corrected chi connectivity index (χ2v) is 3.57. The highest BCUT2D eigenvalue weighted by Gasteiger charge is 2.26. The number of carbonyl (C=O) groups is 2. The number of rotatable bonds is 5. The summed E-state index contributed by atoms with van der Waals surface area (Å²) >= 11 is 0. The maximum absolute atomic E-state index is 11.6. The quantitative estimate of drug-likeness (QED) is 0.682. The molecule has 2 amide bonds. The Labute approximate surface area is 89.3 Å². The smallest absolute Gasteiger partial charge is 0.405 e. The van der Waals surface area contributed by atoms with Crippen LogP contribution in [0.4, 0.5) is 4.79 Å². The van der Waals surface area contributed by atoms with Crippen LogP contribution in [0.15, 0.2) is 0 Å². The van der Waals surface area contributed by atoms with Gasteiger partial charge in [-0.25, -0.2) is 9.86 Å². The van der Waals surface area contributed by atoms with Crippen LogP contribution in [0.1, 0.15) is 20.3 Å². The summed E-state index contributed by atoms with van der Waals surface area (Å²) < 4.78 is 4.71. The maximum atomic E-state index is 11.6. The molecule has 0 fully saturated rings. The fourth-order valence-corrected chi connectivity index (χ4v) is 1.06. The van der Waals surface area contributed by atoms with Gasteiger partial charge in [0.05, 0.1) is 7.11 Å². The van der Waals surface area contributed by atoms with E-state index in [9.17, 15) is 9.59 Å². The number of hydrogen-bond acceptors (Lipinski definition) is 4. The first-order chi connectivity index (χ1) is 6.88. The third kappa shape index (κ3) is 5.21. The summed E-state index contributed by atoms with van der Waals surface area (Å²) in [5.41, 5.74) is 4.88. The van der Waals surface area contributed by atoms with Gasteiger partial charge in [-0.15, -0.1) is 0 Å². The van der Waals surface area contributed by atoms with Crippen molar-refractivity contribution in [1.82, 2.24) is 5.06 Å². The van der Waals surface area contributed by atoms with E-state index in [-0.39, 0.29) is 5.92 Å². The van der Waals surface area contributed by atoms with E-state index in [2.05, 4.69) is 0 Å². The lowest BCUT2D eigenvalue weighted by Crippen LogP contribution is -2.40. The van der Waals surface area contributed by atoms with Crippen molar-refractivity contribution in [2.24, 2.45) is 11.7 Å². The number of hydrogen-bond donors (Lipinski definition) is 1. The Hall–Kier alpha value is -1.30. The van der Waals surface area contributed by atoms with Gasteiger partial charge in [-0.3, -0.25) is 9.63 Å². The average molecular weight is 218 g/mol. The Balaban J connectivity index is 4.47. The molecule has 0 aliphatic heterocycles. The highest BCUT2D eigenvalue weighted by molar-refractivity contribution is 5.82. The van der Waals surface area contributed by atoms with Gasteiger partial charge in [0.2, 0.25) is 0 Å². The van der Waals surface area contributed by atoms with Crippen LogP contribution >= 0.6 is 0 Å². The van der Waals surface area contributed by atoms with Gasteiger partial charge in [0.1, 0.15) is 0 Å². The number of ether oxygens (including phenoxy) is 1. The van der Waals surface area contributed by atoms with Gasteiger partial charge in [-0.2, -0.15) is 0 Å². The summed E-state index contributed by atoms with van der Waals surface area (Å²) in [4.78, 5) is 26.9. The number of nitrogens with zero attached hydrogens (tertiary/aromatic N) is 1. The monoisotopic (exact) mass is 218 g/mol. The van der Waals surface area contributed by atoms with E-state index < -0.39 is 18.1 Å². The molecule has 2 N–H and O–H groups in total. The Bertz CT molecular complexity index is 230. The van der Waals surface area contributed by atoms with Gasteiger partial charge < -0.3 is 10.5 Å². The molecule has 88 valence electrons. The summed E-state index contributed by atoms with van der Waals surface area (Å²) in [5, 5.41) is 1.01. The van der Waals surface area contributed by atoms with Crippen molar-refractivity contribution in [3.8, 4) is 0 Å². The van der Waals surface area contributed by atoms with Crippen LogP contribution < -0.4 is 5.73 Å². The number of hydroxylamine groups is 2. The van der Waals surface area contributed by atoms with Gasteiger partial charge in [0.15, 0.2) is 6.10 Å². The van der Waals surface area contributed by atoms with E-state index in [1.54, 1.807) is 0 Å². The molecular weight excluding hydrogens is 200 g/mol. The molecule has 0 heterocycles. The van der Waals surface area contributed by atoms with Crippen molar-refractivity contribution >= 4 is 12.0 Å². The lowest BCUT2D eigenvalue weighted by Gasteiger charge is -2.22. The van der Waals surface area contributed by atoms with Crippen LogP contribution in [0.25, 0.3) is 0 Å². The minimum atomic E-state index is -0.960. The van der Waals surface area contributed by atoms with Crippen LogP contribution in [0, 0.1) is 5.92 Å². The van der Waals surface area contributed by atoms with E-state index >= 15 is 0 Å². The molecule has 0 saturated carbocycles. The fraction of sp³-hybridized carbons (Fsp3) is 0.778. The van der Waals surface area contributed by atoms with E-state index in [1.807, 2.05) is 13.8 Å². The first-order valence-corrected chi connectivity index (χ1v) is 4.66. The molecule has 0 radical (unpaired) electrons. The lowest BCUT2D eigenvalue weighted by molar-refractivity contribution is -0.178. The molecule has 1 atom stereocenters. The Morgan fingerprint density at radius 3 is 2.27 bits per heavy atom. The molecule has 0 bridgehead atoms. The molecule has 15 heavy (non-hydrogen) atoms. The molecule has 0 aromatic rings. The lowest BCUT2D eigenvalue weighted by atomic mass is 10.1. The normalized spacial score (nSPS) is 12.3. The van der Waals surface area contributed by atoms with Crippen molar-refractivity contribution in [3.63, 3.8) is 0 Å². The van der Waals surface area contributed by atoms with E-state index in [0.717, 1.165) is 5.06 Å². The second-order valence-electron chi connectivity index (χ2n) is 3.57. The molecule has 0 aliphatic rings. The van der Waals surface area contributed by atoms with Gasteiger partial charge in [0.25, 0.3) is 5.91 Å². The molecule has 6 nitrogen and oxygen atoms in total. The van der Waals surface area contributed by atoms with Crippen LogP contribution in [0.2, 0.25) is 0 Å². The summed E-state index contributed by atoms with van der Waals surface area (Å²) in [5.74, 6) is -0.214. The second kappa shape index (κ2) is 6.23. The Kier molecular flexibility index (Phi) is 5.69. The maximum Gasteiger partial charge on any atom is 0.405 e. The van der Waals surface area contributed by atoms with E-state index in [1.165, 1.54) is 14.2 Å². The minimum absolute atomic E-state index is 0.212. The summed E-state index contributed by atoms with van der Waals surface area (Å²) in [6, 6.07) is 0. The van der Waals surface area contributed by atoms with Gasteiger partial charge in [0, 0.05) is 7.05 Å². The average Bonchev–Trinajstić information content (AvgIpc) is 2.13. The number of nitrogens with two attached hydrogens (primary N) is 1. The SMILES string of the molecule is CON(C)C(=O)C(CC(C)C)OC(N)=O. The van der Waals surface area contributed by atoms with Gasteiger partial charge in [-0.1, -0.05) is 13.8 Å². The fourth-order valence-electron chi connectivity index (χ4n) is 1.06. The minimum Gasteiger partial charge on any atom is -0.436 e. The number of carbonyl (C=O) groups excluding carboxylic acids is 2. The summed E-state index contributed by atoms with van der Waals surface area (Å²) in [7, 11) is 2.80. The zero-order valence-corrected chi connectivity index (χ0v) is 9.52. The van der Waals surface area contributed by atoms with Crippen LogP contribution in [-0.2, 0) is 14.4 Å². The molecule has 0 aliphatic carbocycles. The third-order valence-electron chi connectivity index (χ3n) is 1.80. The largest absolute Gasteiger partial charge is 0.436 e. The summed E-state index contributed by atoms with van der Waals surface area (Å²) in [6.45, 7) is 3.83. The Morgan fingerprint density at radius 1 is 1.40 bits per heavy atom. The predicted octanol–water partition coefficient (Wildman–Crippen LogP) is 0.516. The standard InChI is InChI=1S/C9H18N2O4/c1-6(2)5-7(15-9(10)13)8(12)11(3)14-4/h6-7H,5H2,1-4H3,(H2,10,13). The van der Waals surface area contributed by atoms with Crippen molar-refractivity contribution in [3.05, 3.63) is 0 Å². The third-order valence-corrected chi connectivity index (χ3v) is 1.80. The molecule has 6 heteroatoms. The molecule has 0 saturated heterocycles. The molecule has 0 spiro atoms. The van der Waals surface area contributed by atoms with Gasteiger partial charge in [-0.05, 0) is 12.3 Å². The number of amides is 2. The molecule has 0 aromatic carbocycles. The molecule has 1 unspecified atom stereocenters. The topological polar surface area (TPSA) is 81.9 Å². The zero-order chi connectivity index (χ0) is 12.0. The highest BCUT2D eigenvalue weighted by atomic mass is 16.7.